The van der Waals surface area contributed by atoms with Crippen molar-refractivity contribution in [3.8, 4) is 0 Å². The van der Waals surface area contributed by atoms with Crippen molar-refractivity contribution < 1.29 is 14.5 Å². The van der Waals surface area contributed by atoms with Crippen LogP contribution in [0.4, 0.5) is 5.69 Å². The summed E-state index contributed by atoms with van der Waals surface area (Å²) >= 11 is 1.85. The van der Waals surface area contributed by atoms with Crippen LogP contribution in [-0.2, 0) is 22.4 Å². The molecule has 1 aliphatic carbocycles. The number of benzene rings is 1. The monoisotopic (exact) mass is 398 g/mol. The molecule has 0 saturated heterocycles. The van der Waals surface area contributed by atoms with Gasteiger partial charge in [0.05, 0.1) is 13.1 Å². The lowest BCUT2D eigenvalue weighted by atomic mass is 9.96. The molecular weight excluding hydrogens is 370 g/mol. The zero-order valence-corrected chi connectivity index (χ0v) is 17.1. The van der Waals surface area contributed by atoms with E-state index < -0.39 is 0 Å². The lowest BCUT2D eigenvalue weighted by molar-refractivity contribution is -0.928. The first-order chi connectivity index (χ1) is 13.7. The smallest absolute Gasteiger partial charge is 0.275 e. The minimum absolute atomic E-state index is 0.0158. The molecule has 4 rings (SSSR count). The number of fused-ring (bicyclic) bond motifs is 1. The quantitative estimate of drug-likeness (QED) is 0.668. The lowest BCUT2D eigenvalue weighted by Crippen LogP contribution is -3.14. The third-order valence-electron chi connectivity index (χ3n) is 5.83. The summed E-state index contributed by atoms with van der Waals surface area (Å²) in [6, 6.07) is 10.5. The van der Waals surface area contributed by atoms with Gasteiger partial charge in [0, 0.05) is 28.5 Å². The number of nitrogens with one attached hydrogen (secondary N) is 3. The number of amides is 2. The van der Waals surface area contributed by atoms with Crippen LogP contribution >= 0.6 is 11.3 Å². The highest BCUT2D eigenvalue weighted by Crippen LogP contribution is 2.42. The van der Waals surface area contributed by atoms with Crippen molar-refractivity contribution in [3.05, 3.63) is 51.7 Å². The molecule has 0 bridgehead atoms. The Hall–Kier alpha value is -2.18. The number of para-hydroxylation sites is 1. The summed E-state index contributed by atoms with van der Waals surface area (Å²) in [7, 11) is 0. The van der Waals surface area contributed by atoms with E-state index >= 15 is 0 Å². The van der Waals surface area contributed by atoms with Gasteiger partial charge in [-0.05, 0) is 42.3 Å². The molecule has 2 aromatic rings. The number of quaternary nitrogens is 1. The Bertz CT molecular complexity index is 859. The summed E-state index contributed by atoms with van der Waals surface area (Å²) < 4.78 is 0. The van der Waals surface area contributed by atoms with Gasteiger partial charge in [0.25, 0.3) is 5.91 Å². The molecule has 1 aromatic carbocycles. The normalized spacial score (nSPS) is 21.0. The maximum Gasteiger partial charge on any atom is 0.275 e. The number of carbonyl (C=O) groups is 2. The fourth-order valence-corrected chi connectivity index (χ4v) is 5.22. The summed E-state index contributed by atoms with van der Waals surface area (Å²) in [6.07, 6.45) is 4.44. The average Bonchev–Trinajstić information content (AvgIpc) is 3.42. The second-order valence-corrected chi connectivity index (χ2v) is 8.79. The molecule has 1 fully saturated rings. The zero-order chi connectivity index (χ0) is 19.5. The van der Waals surface area contributed by atoms with Crippen LogP contribution in [0, 0.1) is 5.92 Å². The Labute approximate surface area is 170 Å². The van der Waals surface area contributed by atoms with Crippen LogP contribution in [0.2, 0.25) is 0 Å². The number of aryl methyl sites for hydroxylation is 1. The van der Waals surface area contributed by atoms with Gasteiger partial charge in [-0.25, -0.2) is 0 Å². The summed E-state index contributed by atoms with van der Waals surface area (Å²) in [5.74, 6) is 0.491. The second-order valence-electron chi connectivity index (χ2n) is 7.78. The van der Waals surface area contributed by atoms with Crippen molar-refractivity contribution in [2.45, 2.75) is 38.6 Å². The second kappa shape index (κ2) is 8.45. The van der Waals surface area contributed by atoms with Gasteiger partial charge >= 0.3 is 0 Å². The van der Waals surface area contributed by atoms with E-state index in [1.807, 2.05) is 35.6 Å². The van der Waals surface area contributed by atoms with E-state index in [1.54, 1.807) is 0 Å². The molecule has 3 N–H and O–H groups in total. The first-order valence-corrected chi connectivity index (χ1v) is 11.1. The topological polar surface area (TPSA) is 62.6 Å². The fourth-order valence-electron chi connectivity index (χ4n) is 4.29. The van der Waals surface area contributed by atoms with Crippen LogP contribution in [0.15, 0.2) is 35.7 Å². The van der Waals surface area contributed by atoms with Crippen LogP contribution in [0.3, 0.4) is 0 Å². The molecule has 0 radical (unpaired) electrons. The van der Waals surface area contributed by atoms with E-state index in [-0.39, 0.29) is 18.4 Å². The minimum atomic E-state index is -0.179. The molecule has 1 unspecified atom stereocenters. The predicted octanol–water partition coefficient (Wildman–Crippen LogP) is 1.96. The number of anilines is 1. The summed E-state index contributed by atoms with van der Waals surface area (Å²) in [4.78, 5) is 27.6. The number of rotatable bonds is 7. The Morgan fingerprint density at radius 3 is 2.79 bits per heavy atom. The fraction of sp³-hybridized carbons (Fsp3) is 0.455. The molecule has 2 amide bonds. The van der Waals surface area contributed by atoms with Crippen LogP contribution in [-0.4, -0.2) is 31.4 Å². The molecule has 2 heterocycles. The van der Waals surface area contributed by atoms with Crippen molar-refractivity contribution in [3.63, 3.8) is 0 Å². The standard InChI is InChI=1S/C22H27N3O2S/c1-2-15-5-3-4-6-18(15)24-20(26)13-23-21(27)14-25-11-9-19-17(10-12-28-19)22(25)16-7-8-16/h3-6,10,12,16,22H,2,7-9,11,13-14H2,1H3,(H,23,27)(H,24,26)/p+1/t22-/m1/s1. The molecule has 28 heavy (non-hydrogen) atoms. The average molecular weight is 399 g/mol. The van der Waals surface area contributed by atoms with E-state index in [0.717, 1.165) is 30.6 Å². The van der Waals surface area contributed by atoms with Crippen molar-refractivity contribution in [1.29, 1.82) is 0 Å². The summed E-state index contributed by atoms with van der Waals surface area (Å²) in [5, 5.41) is 7.91. The van der Waals surface area contributed by atoms with Crippen molar-refractivity contribution in [2.24, 2.45) is 5.92 Å². The first kappa shape index (κ1) is 19.2. The van der Waals surface area contributed by atoms with Gasteiger partial charge in [-0.2, -0.15) is 0 Å². The van der Waals surface area contributed by atoms with Gasteiger partial charge in [-0.1, -0.05) is 25.1 Å². The molecule has 5 nitrogen and oxygen atoms in total. The van der Waals surface area contributed by atoms with Gasteiger partial charge in [-0.15, -0.1) is 11.3 Å². The van der Waals surface area contributed by atoms with Gasteiger partial charge in [0.2, 0.25) is 5.91 Å². The minimum Gasteiger partial charge on any atom is -0.342 e. The Kier molecular flexibility index (Phi) is 5.78. The van der Waals surface area contributed by atoms with E-state index in [2.05, 4.69) is 29.0 Å². The summed E-state index contributed by atoms with van der Waals surface area (Å²) in [6.45, 7) is 3.51. The van der Waals surface area contributed by atoms with Gasteiger partial charge in [0.15, 0.2) is 6.54 Å². The molecule has 6 heteroatoms. The highest BCUT2D eigenvalue weighted by molar-refractivity contribution is 7.10. The van der Waals surface area contributed by atoms with Crippen molar-refractivity contribution in [2.75, 3.05) is 25.0 Å². The third kappa shape index (κ3) is 4.28. The number of thiophene rings is 1. The molecule has 1 saturated carbocycles. The van der Waals surface area contributed by atoms with Crippen molar-refractivity contribution >= 4 is 28.8 Å². The first-order valence-electron chi connectivity index (χ1n) is 10.2. The predicted molar refractivity (Wildman–Crippen MR) is 112 cm³/mol. The maximum absolute atomic E-state index is 12.5. The SMILES string of the molecule is CCc1ccccc1NC(=O)CNC(=O)C[NH+]1CCc2sccc2[C@H]1C1CC1. The number of hydrogen-bond donors (Lipinski definition) is 3. The lowest BCUT2D eigenvalue weighted by Gasteiger charge is -2.32. The third-order valence-corrected chi connectivity index (χ3v) is 6.82. The van der Waals surface area contributed by atoms with Crippen LogP contribution in [0.1, 0.15) is 41.8 Å². The van der Waals surface area contributed by atoms with E-state index in [0.29, 0.717) is 18.5 Å². The van der Waals surface area contributed by atoms with E-state index in [4.69, 9.17) is 0 Å². The molecule has 2 aliphatic rings. The van der Waals surface area contributed by atoms with Crippen LogP contribution in [0.5, 0.6) is 0 Å². The molecule has 1 aromatic heterocycles. The van der Waals surface area contributed by atoms with Gasteiger partial charge in [-0.3, -0.25) is 9.59 Å². The largest absolute Gasteiger partial charge is 0.342 e. The van der Waals surface area contributed by atoms with E-state index in [9.17, 15) is 9.59 Å². The molecule has 1 aliphatic heterocycles. The van der Waals surface area contributed by atoms with Gasteiger partial charge < -0.3 is 15.5 Å². The molecule has 148 valence electrons. The van der Waals surface area contributed by atoms with Crippen molar-refractivity contribution in [1.82, 2.24) is 5.32 Å². The highest BCUT2D eigenvalue weighted by atomic mass is 32.1. The Morgan fingerprint density at radius 2 is 2.00 bits per heavy atom. The maximum atomic E-state index is 12.5. The Morgan fingerprint density at radius 1 is 1.18 bits per heavy atom. The molecule has 0 spiro atoms. The molecule has 2 atom stereocenters. The van der Waals surface area contributed by atoms with E-state index in [1.165, 1.54) is 28.2 Å². The van der Waals surface area contributed by atoms with Crippen LogP contribution < -0.4 is 15.5 Å². The molecular formula is C22H28N3O2S+. The number of carbonyl (C=O) groups excluding carboxylic acids is 2. The van der Waals surface area contributed by atoms with Gasteiger partial charge in [0.1, 0.15) is 6.04 Å². The Balaban J connectivity index is 1.30. The zero-order valence-electron chi connectivity index (χ0n) is 16.3. The van der Waals surface area contributed by atoms with Crippen LogP contribution in [0.25, 0.3) is 0 Å². The highest BCUT2D eigenvalue weighted by Gasteiger charge is 2.43. The summed E-state index contributed by atoms with van der Waals surface area (Å²) in [5.41, 5.74) is 3.37. The number of hydrogen-bond acceptors (Lipinski definition) is 3.